The van der Waals surface area contributed by atoms with Crippen molar-refractivity contribution in [2.45, 2.75) is 112 Å². The van der Waals surface area contributed by atoms with E-state index in [4.69, 9.17) is 0 Å². The fourth-order valence-corrected chi connectivity index (χ4v) is 10.8. The molecule has 0 bridgehead atoms. The standard InChI is InChI=1S/C30H48O3/c1-18-10-13-26(3)16-17-27(4)20(24(26)19(18)2)11-14-28(5)21(27)8-9-22-29(28,6)15-12-23(31)30(22,7)25(32)33/h11,18-19,21-24,31H,8-10,12-17H2,1-7H3,(H,32,33). The SMILES string of the molecule is CC1CCC2(C)CCC3(C)C(=CCC4(C)C3CCC3C(C)(C(=O)O)C(O)CCC34C)C2C1C. The number of fused-ring (bicyclic) bond motifs is 7. The van der Waals surface area contributed by atoms with Gasteiger partial charge in [0.2, 0.25) is 0 Å². The first-order valence-electron chi connectivity index (χ1n) is 13.9. The summed E-state index contributed by atoms with van der Waals surface area (Å²) in [6.45, 7) is 16.9. The molecule has 3 nitrogen and oxygen atoms in total. The van der Waals surface area contributed by atoms with Gasteiger partial charge in [0, 0.05) is 0 Å². The zero-order chi connectivity index (χ0) is 24.2. The predicted octanol–water partition coefficient (Wildman–Crippen LogP) is 7.09. The summed E-state index contributed by atoms with van der Waals surface area (Å²) in [5, 5.41) is 21.2. The van der Waals surface area contributed by atoms with Crippen LogP contribution in [-0.4, -0.2) is 22.3 Å². The van der Waals surface area contributed by atoms with Gasteiger partial charge >= 0.3 is 5.97 Å². The first-order chi connectivity index (χ1) is 15.3. The highest BCUT2D eigenvalue weighted by Gasteiger charge is 2.70. The summed E-state index contributed by atoms with van der Waals surface area (Å²) in [6.07, 6.45) is 12.0. The average molecular weight is 457 g/mol. The molecule has 5 aliphatic rings. The maximum atomic E-state index is 12.5. The van der Waals surface area contributed by atoms with E-state index in [0.717, 1.165) is 37.5 Å². The molecule has 5 rings (SSSR count). The van der Waals surface area contributed by atoms with Crippen molar-refractivity contribution < 1.29 is 15.0 Å². The fourth-order valence-electron chi connectivity index (χ4n) is 10.8. The number of hydrogen-bond acceptors (Lipinski definition) is 2. The van der Waals surface area contributed by atoms with Gasteiger partial charge in [0.25, 0.3) is 0 Å². The molecule has 33 heavy (non-hydrogen) atoms. The summed E-state index contributed by atoms with van der Waals surface area (Å²) >= 11 is 0. The minimum Gasteiger partial charge on any atom is -0.481 e. The van der Waals surface area contributed by atoms with E-state index < -0.39 is 17.5 Å². The number of hydrogen-bond donors (Lipinski definition) is 2. The Hall–Kier alpha value is -0.830. The largest absolute Gasteiger partial charge is 0.481 e. The third-order valence-corrected chi connectivity index (χ3v) is 13.5. The van der Waals surface area contributed by atoms with E-state index in [0.29, 0.717) is 23.7 Å². The van der Waals surface area contributed by atoms with Gasteiger partial charge in [-0.2, -0.15) is 0 Å². The van der Waals surface area contributed by atoms with E-state index in [1.807, 2.05) is 6.92 Å². The number of aliphatic hydroxyl groups is 1. The lowest BCUT2D eigenvalue weighted by molar-refractivity contribution is -0.223. The molecule has 0 aromatic heterocycles. The minimum atomic E-state index is -1.04. The molecule has 3 heteroatoms. The van der Waals surface area contributed by atoms with Crippen LogP contribution in [0.3, 0.4) is 0 Å². The normalized spacial score (nSPS) is 58.2. The van der Waals surface area contributed by atoms with Gasteiger partial charge < -0.3 is 10.2 Å². The molecule has 0 radical (unpaired) electrons. The van der Waals surface area contributed by atoms with Crippen molar-refractivity contribution in [3.63, 3.8) is 0 Å². The molecular formula is C30H48O3. The quantitative estimate of drug-likeness (QED) is 0.414. The first-order valence-corrected chi connectivity index (χ1v) is 13.9. The van der Waals surface area contributed by atoms with Crippen molar-refractivity contribution in [2.75, 3.05) is 0 Å². The van der Waals surface area contributed by atoms with Crippen LogP contribution in [0.25, 0.3) is 0 Å². The highest BCUT2D eigenvalue weighted by atomic mass is 16.4. The molecule has 0 aliphatic heterocycles. The van der Waals surface area contributed by atoms with Gasteiger partial charge in [-0.05, 0) is 116 Å². The maximum Gasteiger partial charge on any atom is 0.312 e. The summed E-state index contributed by atoms with van der Waals surface area (Å²) in [5.41, 5.74) is 1.44. The number of rotatable bonds is 1. The zero-order valence-electron chi connectivity index (χ0n) is 22.2. The Kier molecular flexibility index (Phi) is 5.15. The summed E-state index contributed by atoms with van der Waals surface area (Å²) < 4.78 is 0. The molecule has 186 valence electrons. The molecule has 0 aromatic rings. The Bertz CT molecular complexity index is 878. The second-order valence-electron chi connectivity index (χ2n) is 14.4. The van der Waals surface area contributed by atoms with E-state index in [-0.39, 0.29) is 22.2 Å². The Morgan fingerprint density at radius 3 is 2.21 bits per heavy atom. The van der Waals surface area contributed by atoms with E-state index in [1.165, 1.54) is 25.7 Å². The van der Waals surface area contributed by atoms with Gasteiger partial charge in [0.05, 0.1) is 11.5 Å². The van der Waals surface area contributed by atoms with Crippen molar-refractivity contribution in [1.82, 2.24) is 0 Å². The summed E-state index contributed by atoms with van der Waals surface area (Å²) in [6, 6.07) is 0. The molecule has 0 spiro atoms. The Morgan fingerprint density at radius 2 is 1.55 bits per heavy atom. The van der Waals surface area contributed by atoms with Crippen LogP contribution in [-0.2, 0) is 4.79 Å². The highest BCUT2D eigenvalue weighted by Crippen LogP contribution is 2.75. The number of allylic oxidation sites excluding steroid dienone is 2. The lowest BCUT2D eigenvalue weighted by Gasteiger charge is -2.71. The lowest BCUT2D eigenvalue weighted by Crippen LogP contribution is -2.66. The van der Waals surface area contributed by atoms with E-state index in [9.17, 15) is 15.0 Å². The van der Waals surface area contributed by atoms with Crippen molar-refractivity contribution in [3.8, 4) is 0 Å². The van der Waals surface area contributed by atoms with E-state index in [1.54, 1.807) is 5.57 Å². The van der Waals surface area contributed by atoms with Crippen LogP contribution in [0.5, 0.6) is 0 Å². The first kappa shape index (κ1) is 23.9. The lowest BCUT2D eigenvalue weighted by atomic mass is 9.33. The van der Waals surface area contributed by atoms with Crippen LogP contribution in [0, 0.1) is 56.7 Å². The maximum absolute atomic E-state index is 12.5. The van der Waals surface area contributed by atoms with Crippen LogP contribution < -0.4 is 0 Å². The van der Waals surface area contributed by atoms with Crippen LogP contribution in [0.2, 0.25) is 0 Å². The Balaban J connectivity index is 1.60. The van der Waals surface area contributed by atoms with E-state index >= 15 is 0 Å². The third-order valence-electron chi connectivity index (χ3n) is 13.5. The number of aliphatic hydroxyl groups excluding tert-OH is 1. The monoisotopic (exact) mass is 456 g/mol. The van der Waals surface area contributed by atoms with Crippen molar-refractivity contribution in [3.05, 3.63) is 11.6 Å². The molecule has 5 aliphatic carbocycles. The number of carbonyl (C=O) groups is 1. The highest BCUT2D eigenvalue weighted by molar-refractivity contribution is 5.76. The fraction of sp³-hybridized carbons (Fsp3) is 0.900. The number of carboxylic acids is 1. The van der Waals surface area contributed by atoms with Gasteiger partial charge in [-0.3, -0.25) is 4.79 Å². The van der Waals surface area contributed by atoms with Gasteiger partial charge in [-0.15, -0.1) is 0 Å². The van der Waals surface area contributed by atoms with Gasteiger partial charge in [0.1, 0.15) is 0 Å². The smallest absolute Gasteiger partial charge is 0.312 e. The molecule has 2 N–H and O–H groups in total. The molecule has 11 unspecified atom stereocenters. The van der Waals surface area contributed by atoms with Gasteiger partial charge in [0.15, 0.2) is 0 Å². The summed E-state index contributed by atoms with van der Waals surface area (Å²) in [4.78, 5) is 12.5. The second-order valence-corrected chi connectivity index (χ2v) is 14.4. The Labute approximate surface area is 201 Å². The van der Waals surface area contributed by atoms with Crippen LogP contribution in [0.4, 0.5) is 0 Å². The van der Waals surface area contributed by atoms with Crippen LogP contribution in [0.1, 0.15) is 106 Å². The number of carboxylic acid groups (broad SMARTS) is 1. The molecule has 11 atom stereocenters. The molecule has 0 heterocycles. The molecule has 0 aromatic carbocycles. The van der Waals surface area contributed by atoms with Gasteiger partial charge in [-0.1, -0.05) is 53.2 Å². The summed E-state index contributed by atoms with van der Waals surface area (Å²) in [5.74, 6) is 2.08. The topological polar surface area (TPSA) is 57.5 Å². The van der Waals surface area contributed by atoms with Crippen molar-refractivity contribution in [2.24, 2.45) is 56.7 Å². The molecule has 0 amide bonds. The minimum absolute atomic E-state index is 0.0357. The molecule has 0 saturated heterocycles. The average Bonchev–Trinajstić information content (AvgIpc) is 2.75. The zero-order valence-corrected chi connectivity index (χ0v) is 22.2. The van der Waals surface area contributed by atoms with Crippen molar-refractivity contribution in [1.29, 1.82) is 0 Å². The van der Waals surface area contributed by atoms with Crippen molar-refractivity contribution >= 4 is 5.97 Å². The predicted molar refractivity (Wildman–Crippen MR) is 133 cm³/mol. The van der Waals surface area contributed by atoms with E-state index in [2.05, 4.69) is 47.6 Å². The Morgan fingerprint density at radius 1 is 0.879 bits per heavy atom. The molecule has 4 saturated carbocycles. The van der Waals surface area contributed by atoms with Gasteiger partial charge in [-0.25, -0.2) is 0 Å². The summed E-state index contributed by atoms with van der Waals surface area (Å²) in [7, 11) is 0. The van der Waals surface area contributed by atoms with Crippen LogP contribution in [0.15, 0.2) is 11.6 Å². The molecular weight excluding hydrogens is 408 g/mol. The third kappa shape index (κ3) is 2.75. The second kappa shape index (κ2) is 7.11. The molecule has 4 fully saturated rings. The number of aliphatic carboxylic acids is 1. The van der Waals surface area contributed by atoms with Crippen LogP contribution >= 0.6 is 0 Å².